The van der Waals surface area contributed by atoms with Crippen molar-refractivity contribution in [1.82, 2.24) is 20.9 Å². The number of nitrogens with zero attached hydrogens (tertiary/aromatic N) is 1. The number of urea groups is 1. The highest BCUT2D eigenvalue weighted by Crippen LogP contribution is 2.29. The Labute approximate surface area is 138 Å². The first-order chi connectivity index (χ1) is 11.1. The first kappa shape index (κ1) is 16.7. The second kappa shape index (κ2) is 7.62. The summed E-state index contributed by atoms with van der Waals surface area (Å²) < 4.78 is 0. The minimum absolute atomic E-state index is 0.202. The van der Waals surface area contributed by atoms with Crippen LogP contribution >= 0.6 is 0 Å². The third-order valence-corrected chi connectivity index (χ3v) is 5.66. The van der Waals surface area contributed by atoms with Crippen molar-refractivity contribution >= 4 is 11.9 Å². The molecule has 6 nitrogen and oxygen atoms in total. The zero-order valence-electron chi connectivity index (χ0n) is 14.1. The van der Waals surface area contributed by atoms with Gasteiger partial charge in [0.2, 0.25) is 5.91 Å². The summed E-state index contributed by atoms with van der Waals surface area (Å²) in [5.41, 5.74) is 0. The molecule has 1 saturated carbocycles. The quantitative estimate of drug-likeness (QED) is 0.731. The summed E-state index contributed by atoms with van der Waals surface area (Å²) in [6.45, 7) is 0.294. The third kappa shape index (κ3) is 4.67. The average molecular weight is 322 g/mol. The van der Waals surface area contributed by atoms with Crippen molar-refractivity contribution in [2.75, 3.05) is 13.6 Å². The van der Waals surface area contributed by atoms with Gasteiger partial charge in [0.15, 0.2) is 0 Å². The molecular formula is C17H30N4O2. The Morgan fingerprint density at radius 1 is 1.04 bits per heavy atom. The molecule has 1 aliphatic carbocycles. The van der Waals surface area contributed by atoms with Gasteiger partial charge in [0, 0.05) is 24.2 Å². The SMILES string of the molecule is CN(CC(=O)NC(=O)NC1CCCCC1)C1CC2CCC(C1)N2. The molecule has 0 aromatic rings. The van der Waals surface area contributed by atoms with Gasteiger partial charge in [0.05, 0.1) is 6.54 Å². The highest BCUT2D eigenvalue weighted by atomic mass is 16.2. The Hall–Kier alpha value is -1.14. The molecule has 0 aromatic carbocycles. The molecular weight excluding hydrogens is 292 g/mol. The van der Waals surface area contributed by atoms with Gasteiger partial charge < -0.3 is 10.6 Å². The lowest BCUT2D eigenvalue weighted by Gasteiger charge is -2.35. The van der Waals surface area contributed by atoms with Gasteiger partial charge in [-0.2, -0.15) is 0 Å². The van der Waals surface area contributed by atoms with Crippen molar-refractivity contribution in [3.63, 3.8) is 0 Å². The predicted molar refractivity (Wildman–Crippen MR) is 89.1 cm³/mol. The lowest BCUT2D eigenvalue weighted by atomic mass is 9.96. The largest absolute Gasteiger partial charge is 0.335 e. The topological polar surface area (TPSA) is 73.5 Å². The molecule has 3 rings (SSSR count). The number of hydrogen-bond donors (Lipinski definition) is 3. The van der Waals surface area contributed by atoms with Crippen molar-refractivity contribution in [3.05, 3.63) is 0 Å². The van der Waals surface area contributed by atoms with Crippen LogP contribution < -0.4 is 16.0 Å². The van der Waals surface area contributed by atoms with Crippen molar-refractivity contribution in [3.8, 4) is 0 Å². The Morgan fingerprint density at radius 2 is 1.70 bits per heavy atom. The molecule has 2 aliphatic heterocycles. The zero-order chi connectivity index (χ0) is 16.2. The highest BCUT2D eigenvalue weighted by molar-refractivity contribution is 5.95. The van der Waals surface area contributed by atoms with Crippen molar-refractivity contribution in [2.24, 2.45) is 0 Å². The lowest BCUT2D eigenvalue weighted by molar-refractivity contribution is -0.121. The van der Waals surface area contributed by atoms with Crippen LogP contribution in [-0.2, 0) is 4.79 Å². The molecule has 3 aliphatic rings. The van der Waals surface area contributed by atoms with Crippen LogP contribution in [0.4, 0.5) is 4.79 Å². The number of rotatable bonds is 4. The van der Waals surface area contributed by atoms with Crippen LogP contribution in [0.2, 0.25) is 0 Å². The molecule has 23 heavy (non-hydrogen) atoms. The van der Waals surface area contributed by atoms with E-state index in [0.29, 0.717) is 24.7 Å². The van der Waals surface area contributed by atoms with E-state index in [0.717, 1.165) is 25.7 Å². The number of carbonyl (C=O) groups excluding carboxylic acids is 2. The molecule has 6 heteroatoms. The van der Waals surface area contributed by atoms with Crippen LogP contribution in [0.15, 0.2) is 0 Å². The zero-order valence-corrected chi connectivity index (χ0v) is 14.1. The first-order valence-corrected chi connectivity index (χ1v) is 9.17. The van der Waals surface area contributed by atoms with E-state index < -0.39 is 0 Å². The summed E-state index contributed by atoms with van der Waals surface area (Å²) in [7, 11) is 1.99. The number of amides is 3. The summed E-state index contributed by atoms with van der Waals surface area (Å²) in [6, 6.07) is 1.56. The lowest BCUT2D eigenvalue weighted by Crippen LogP contribution is -2.51. The van der Waals surface area contributed by atoms with Gasteiger partial charge in [0.1, 0.15) is 0 Å². The molecule has 3 amide bonds. The Balaban J connectivity index is 1.38. The fraction of sp³-hybridized carbons (Fsp3) is 0.882. The molecule has 130 valence electrons. The van der Waals surface area contributed by atoms with Crippen LogP contribution in [0.25, 0.3) is 0 Å². The average Bonchev–Trinajstić information content (AvgIpc) is 2.86. The van der Waals surface area contributed by atoms with E-state index in [9.17, 15) is 9.59 Å². The standard InChI is InChI=1S/C17H30N4O2/c1-21(15-9-13-7-8-14(10-15)18-13)11-16(22)20-17(23)19-12-5-3-2-4-6-12/h12-15,18H,2-11H2,1H3,(H2,19,20,22,23). The minimum Gasteiger partial charge on any atom is -0.335 e. The fourth-order valence-electron chi connectivity index (χ4n) is 4.38. The second-order valence-corrected chi connectivity index (χ2v) is 7.53. The van der Waals surface area contributed by atoms with Crippen molar-refractivity contribution in [1.29, 1.82) is 0 Å². The number of hydrogen-bond acceptors (Lipinski definition) is 4. The predicted octanol–water partition coefficient (Wildman–Crippen LogP) is 1.36. The smallest absolute Gasteiger partial charge is 0.321 e. The van der Waals surface area contributed by atoms with Crippen LogP contribution in [0, 0.1) is 0 Å². The maximum atomic E-state index is 12.1. The number of piperidine rings is 1. The van der Waals surface area contributed by atoms with E-state index in [2.05, 4.69) is 20.9 Å². The van der Waals surface area contributed by atoms with E-state index >= 15 is 0 Å². The van der Waals surface area contributed by atoms with Gasteiger partial charge >= 0.3 is 6.03 Å². The van der Waals surface area contributed by atoms with Gasteiger partial charge in [-0.3, -0.25) is 15.0 Å². The molecule has 0 spiro atoms. The van der Waals surface area contributed by atoms with Crippen LogP contribution in [0.1, 0.15) is 57.8 Å². The first-order valence-electron chi connectivity index (χ1n) is 9.17. The van der Waals surface area contributed by atoms with Crippen LogP contribution in [0.3, 0.4) is 0 Å². The molecule has 2 atom stereocenters. The molecule has 3 fully saturated rings. The number of nitrogens with one attached hydrogen (secondary N) is 3. The second-order valence-electron chi connectivity index (χ2n) is 7.53. The van der Waals surface area contributed by atoms with Crippen LogP contribution in [-0.4, -0.2) is 54.6 Å². The summed E-state index contributed by atoms with van der Waals surface area (Å²) in [5, 5.41) is 9.03. The summed E-state index contributed by atoms with van der Waals surface area (Å²) >= 11 is 0. The molecule has 2 bridgehead atoms. The summed E-state index contributed by atoms with van der Waals surface area (Å²) in [6.07, 6.45) is 10.4. The highest BCUT2D eigenvalue weighted by Gasteiger charge is 2.35. The van der Waals surface area contributed by atoms with Gasteiger partial charge in [-0.25, -0.2) is 4.79 Å². The number of fused-ring (bicyclic) bond motifs is 2. The fourth-order valence-corrected chi connectivity index (χ4v) is 4.38. The van der Waals surface area contributed by atoms with Gasteiger partial charge in [-0.1, -0.05) is 19.3 Å². The minimum atomic E-state index is -0.333. The van der Waals surface area contributed by atoms with Crippen LogP contribution in [0.5, 0.6) is 0 Å². The van der Waals surface area contributed by atoms with E-state index in [4.69, 9.17) is 0 Å². The molecule has 3 N–H and O–H groups in total. The monoisotopic (exact) mass is 322 g/mol. The Kier molecular flexibility index (Phi) is 5.54. The summed E-state index contributed by atoms with van der Waals surface area (Å²) in [5.74, 6) is -0.202. The molecule has 2 heterocycles. The number of carbonyl (C=O) groups is 2. The van der Waals surface area contributed by atoms with E-state index in [-0.39, 0.29) is 18.0 Å². The van der Waals surface area contributed by atoms with E-state index in [1.165, 1.54) is 32.1 Å². The van der Waals surface area contributed by atoms with Gasteiger partial charge in [-0.15, -0.1) is 0 Å². The Bertz CT molecular complexity index is 424. The van der Waals surface area contributed by atoms with E-state index in [1.807, 2.05) is 7.05 Å². The number of imide groups is 1. The normalized spacial score (nSPS) is 31.1. The van der Waals surface area contributed by atoms with Gasteiger partial charge in [0.25, 0.3) is 0 Å². The molecule has 2 unspecified atom stereocenters. The maximum absolute atomic E-state index is 12.1. The number of likely N-dealkylation sites (N-methyl/N-ethyl adjacent to an activating group) is 1. The van der Waals surface area contributed by atoms with Gasteiger partial charge in [-0.05, 0) is 45.6 Å². The third-order valence-electron chi connectivity index (χ3n) is 5.66. The van der Waals surface area contributed by atoms with E-state index in [1.54, 1.807) is 0 Å². The molecule has 0 aromatic heterocycles. The molecule has 2 saturated heterocycles. The van der Waals surface area contributed by atoms with Crippen molar-refractivity contribution < 1.29 is 9.59 Å². The maximum Gasteiger partial charge on any atom is 0.321 e. The molecule has 0 radical (unpaired) electrons. The van der Waals surface area contributed by atoms with Crippen molar-refractivity contribution in [2.45, 2.75) is 82.0 Å². The Morgan fingerprint density at radius 3 is 2.35 bits per heavy atom. The summed E-state index contributed by atoms with van der Waals surface area (Å²) in [4.78, 5) is 26.1.